The van der Waals surface area contributed by atoms with E-state index in [0.29, 0.717) is 6.61 Å². The van der Waals surface area contributed by atoms with Gasteiger partial charge in [-0.15, -0.1) is 0 Å². The molecule has 0 N–H and O–H groups in total. The van der Waals surface area contributed by atoms with Gasteiger partial charge in [0.2, 0.25) is 5.91 Å². The molecule has 4 rings (SSSR count). The molecule has 22 heavy (non-hydrogen) atoms. The van der Waals surface area contributed by atoms with Gasteiger partial charge in [-0.2, -0.15) is 0 Å². The van der Waals surface area contributed by atoms with Crippen LogP contribution in [0.1, 0.15) is 38.3 Å². The molecule has 1 amide bonds. The van der Waals surface area contributed by atoms with E-state index in [9.17, 15) is 4.79 Å². The van der Waals surface area contributed by atoms with Crippen molar-refractivity contribution in [2.75, 3.05) is 19.7 Å². The van der Waals surface area contributed by atoms with Crippen LogP contribution in [0.2, 0.25) is 0 Å². The van der Waals surface area contributed by atoms with Crippen LogP contribution < -0.4 is 0 Å². The Morgan fingerprint density at radius 1 is 1.18 bits per heavy atom. The quantitative estimate of drug-likeness (QED) is 0.841. The predicted molar refractivity (Wildman–Crippen MR) is 84.1 cm³/mol. The number of likely N-dealkylation sites (tertiary alicyclic amines) is 1. The molecule has 0 saturated carbocycles. The van der Waals surface area contributed by atoms with E-state index in [1.54, 1.807) is 0 Å². The minimum atomic E-state index is -0.485. The Morgan fingerprint density at radius 3 is 2.55 bits per heavy atom. The number of amides is 1. The molecule has 4 heteroatoms. The van der Waals surface area contributed by atoms with Gasteiger partial charge in [-0.1, -0.05) is 37.3 Å². The molecule has 118 valence electrons. The van der Waals surface area contributed by atoms with Crippen molar-refractivity contribution in [3.63, 3.8) is 0 Å². The summed E-state index contributed by atoms with van der Waals surface area (Å²) in [6, 6.07) is 10.5. The number of fused-ring (bicyclic) bond motifs is 1. The van der Waals surface area contributed by atoms with Crippen LogP contribution in [0, 0.1) is 5.92 Å². The zero-order valence-electron chi connectivity index (χ0n) is 13.4. The number of rotatable bonds is 2. The number of carbonyl (C=O) groups is 1. The first kappa shape index (κ1) is 14.2. The Kier molecular flexibility index (Phi) is 3.27. The summed E-state index contributed by atoms with van der Waals surface area (Å²) in [4.78, 5) is 17.5. The van der Waals surface area contributed by atoms with Gasteiger partial charge in [-0.05, 0) is 38.4 Å². The van der Waals surface area contributed by atoms with Crippen LogP contribution in [0.5, 0.6) is 0 Å². The maximum atomic E-state index is 13.0. The van der Waals surface area contributed by atoms with Gasteiger partial charge in [0, 0.05) is 0 Å². The lowest BCUT2D eigenvalue weighted by molar-refractivity contribution is -0.140. The largest absolute Gasteiger partial charge is 0.352 e. The third kappa shape index (κ3) is 1.87. The van der Waals surface area contributed by atoms with Crippen LogP contribution in [0.3, 0.4) is 0 Å². The average Bonchev–Trinajstić information content (AvgIpc) is 3.19. The molecule has 1 aromatic rings. The number of benzene rings is 1. The molecule has 3 aliphatic heterocycles. The summed E-state index contributed by atoms with van der Waals surface area (Å²) in [5.41, 5.74) is 0.690. The van der Waals surface area contributed by atoms with E-state index in [1.165, 1.54) is 18.4 Å². The normalized spacial score (nSPS) is 38.7. The van der Waals surface area contributed by atoms with Crippen molar-refractivity contribution in [1.82, 2.24) is 9.80 Å². The van der Waals surface area contributed by atoms with Gasteiger partial charge in [0.15, 0.2) is 5.72 Å². The highest BCUT2D eigenvalue weighted by Gasteiger charge is 2.62. The van der Waals surface area contributed by atoms with Crippen LogP contribution in [0.4, 0.5) is 0 Å². The van der Waals surface area contributed by atoms with E-state index in [-0.39, 0.29) is 23.9 Å². The summed E-state index contributed by atoms with van der Waals surface area (Å²) < 4.78 is 6.26. The van der Waals surface area contributed by atoms with Crippen LogP contribution >= 0.6 is 0 Å². The Hall–Kier alpha value is -1.39. The highest BCUT2D eigenvalue weighted by molar-refractivity contribution is 5.84. The fraction of sp³-hybridized carbons (Fsp3) is 0.611. The SMILES string of the molecule is C[C@H]1C(=O)N2[C@@H](c3ccccc3)CO[C@]2(C)[C@@H]1N1CCCC1. The minimum Gasteiger partial charge on any atom is -0.352 e. The maximum absolute atomic E-state index is 13.0. The number of nitrogens with zero attached hydrogens (tertiary/aromatic N) is 2. The summed E-state index contributed by atoms with van der Waals surface area (Å²) in [5.74, 6) is 0.250. The third-order valence-electron chi connectivity index (χ3n) is 5.69. The minimum absolute atomic E-state index is 0.00890. The molecule has 3 aliphatic rings. The molecule has 3 fully saturated rings. The summed E-state index contributed by atoms with van der Waals surface area (Å²) in [7, 11) is 0. The van der Waals surface area contributed by atoms with E-state index in [2.05, 4.69) is 30.9 Å². The molecule has 0 unspecified atom stereocenters. The molecular weight excluding hydrogens is 276 g/mol. The zero-order valence-corrected chi connectivity index (χ0v) is 13.4. The molecule has 0 radical (unpaired) electrons. The fourth-order valence-electron chi connectivity index (χ4n) is 4.71. The smallest absolute Gasteiger partial charge is 0.230 e. The van der Waals surface area contributed by atoms with Crippen molar-refractivity contribution in [2.45, 2.75) is 44.5 Å². The third-order valence-corrected chi connectivity index (χ3v) is 5.69. The van der Waals surface area contributed by atoms with Crippen LogP contribution in [-0.2, 0) is 9.53 Å². The van der Waals surface area contributed by atoms with E-state index in [1.807, 2.05) is 23.1 Å². The van der Waals surface area contributed by atoms with Crippen molar-refractivity contribution in [1.29, 1.82) is 0 Å². The van der Waals surface area contributed by atoms with Crippen LogP contribution in [-0.4, -0.2) is 47.2 Å². The van der Waals surface area contributed by atoms with Crippen LogP contribution in [0.15, 0.2) is 30.3 Å². The summed E-state index contributed by atoms with van der Waals surface area (Å²) in [6.07, 6.45) is 2.46. The lowest BCUT2D eigenvalue weighted by atomic mass is 9.96. The van der Waals surface area contributed by atoms with E-state index < -0.39 is 5.72 Å². The molecule has 0 spiro atoms. The topological polar surface area (TPSA) is 32.8 Å². The van der Waals surface area contributed by atoms with Gasteiger partial charge < -0.3 is 9.64 Å². The Bertz CT molecular complexity index is 570. The molecule has 4 nitrogen and oxygen atoms in total. The maximum Gasteiger partial charge on any atom is 0.230 e. The molecular formula is C18H24N2O2. The zero-order chi connectivity index (χ0) is 15.3. The van der Waals surface area contributed by atoms with Crippen molar-refractivity contribution in [3.05, 3.63) is 35.9 Å². The average molecular weight is 300 g/mol. The van der Waals surface area contributed by atoms with Gasteiger partial charge in [0.25, 0.3) is 0 Å². The molecule has 3 heterocycles. The Balaban J connectivity index is 1.70. The standard InChI is InChI=1S/C18H24N2O2/c1-13-16(19-10-6-7-11-19)18(2)20(17(13)21)15(12-22-18)14-8-4-3-5-9-14/h3-5,8-9,13,15-16H,6-7,10-12H2,1-2H3/t13-,15-,16-,18-/m1/s1. The number of carbonyl (C=O) groups excluding carboxylic acids is 1. The predicted octanol–water partition coefficient (Wildman–Crippen LogP) is 2.42. The summed E-state index contributed by atoms with van der Waals surface area (Å²) >= 11 is 0. The Labute approximate surface area is 132 Å². The molecule has 3 saturated heterocycles. The lowest BCUT2D eigenvalue weighted by Crippen LogP contribution is -2.53. The van der Waals surface area contributed by atoms with Gasteiger partial charge in [-0.3, -0.25) is 9.69 Å². The number of ether oxygens (including phenoxy) is 1. The second-order valence-electron chi connectivity index (χ2n) is 6.98. The molecule has 0 aromatic heterocycles. The van der Waals surface area contributed by atoms with Gasteiger partial charge in [-0.25, -0.2) is 0 Å². The van der Waals surface area contributed by atoms with Crippen molar-refractivity contribution in [2.24, 2.45) is 5.92 Å². The van der Waals surface area contributed by atoms with Gasteiger partial charge >= 0.3 is 0 Å². The van der Waals surface area contributed by atoms with E-state index in [4.69, 9.17) is 4.74 Å². The molecule has 1 aromatic carbocycles. The highest BCUT2D eigenvalue weighted by atomic mass is 16.5. The fourth-order valence-corrected chi connectivity index (χ4v) is 4.71. The summed E-state index contributed by atoms with van der Waals surface area (Å²) in [5, 5.41) is 0. The Morgan fingerprint density at radius 2 is 1.86 bits per heavy atom. The number of hydrogen-bond donors (Lipinski definition) is 0. The van der Waals surface area contributed by atoms with Crippen LogP contribution in [0.25, 0.3) is 0 Å². The first-order valence-electron chi connectivity index (χ1n) is 8.39. The van der Waals surface area contributed by atoms with Gasteiger partial charge in [0.05, 0.1) is 24.6 Å². The molecule has 0 aliphatic carbocycles. The van der Waals surface area contributed by atoms with Crippen molar-refractivity contribution < 1.29 is 9.53 Å². The molecule has 0 bridgehead atoms. The van der Waals surface area contributed by atoms with Crippen molar-refractivity contribution in [3.8, 4) is 0 Å². The van der Waals surface area contributed by atoms with Gasteiger partial charge in [0.1, 0.15) is 0 Å². The van der Waals surface area contributed by atoms with E-state index >= 15 is 0 Å². The lowest BCUT2D eigenvalue weighted by Gasteiger charge is -2.38. The summed E-state index contributed by atoms with van der Waals surface area (Å²) in [6.45, 7) is 6.96. The number of hydrogen-bond acceptors (Lipinski definition) is 3. The monoisotopic (exact) mass is 300 g/mol. The first-order valence-corrected chi connectivity index (χ1v) is 8.39. The van der Waals surface area contributed by atoms with E-state index in [0.717, 1.165) is 13.1 Å². The van der Waals surface area contributed by atoms with Crippen molar-refractivity contribution >= 4 is 5.91 Å². The molecule has 4 atom stereocenters. The highest BCUT2D eigenvalue weighted by Crippen LogP contribution is 2.49. The second-order valence-corrected chi connectivity index (χ2v) is 6.98. The second kappa shape index (κ2) is 5.07. The first-order chi connectivity index (χ1) is 10.6.